The SMILES string of the molecule is Cc1cccc(C2CC2O)c1. The topological polar surface area (TPSA) is 20.2 Å². The van der Waals surface area contributed by atoms with Gasteiger partial charge in [0.15, 0.2) is 0 Å². The van der Waals surface area contributed by atoms with E-state index in [0.29, 0.717) is 5.92 Å². The third kappa shape index (κ3) is 1.29. The van der Waals surface area contributed by atoms with Crippen molar-refractivity contribution in [1.29, 1.82) is 0 Å². The Labute approximate surface area is 66.7 Å². The van der Waals surface area contributed by atoms with E-state index < -0.39 is 0 Å². The van der Waals surface area contributed by atoms with Crippen molar-refractivity contribution in [2.75, 3.05) is 0 Å². The molecule has 11 heavy (non-hydrogen) atoms. The number of hydrogen-bond acceptors (Lipinski definition) is 1. The molecule has 1 aliphatic carbocycles. The zero-order valence-electron chi connectivity index (χ0n) is 6.62. The molecule has 1 aromatic carbocycles. The van der Waals surface area contributed by atoms with E-state index in [9.17, 15) is 5.11 Å². The smallest absolute Gasteiger partial charge is 0.0616 e. The van der Waals surface area contributed by atoms with Gasteiger partial charge in [-0.1, -0.05) is 29.8 Å². The van der Waals surface area contributed by atoms with Gasteiger partial charge in [0.05, 0.1) is 6.10 Å². The predicted molar refractivity (Wildman–Crippen MR) is 44.5 cm³/mol. The molecule has 1 saturated carbocycles. The van der Waals surface area contributed by atoms with Crippen LogP contribution < -0.4 is 0 Å². The lowest BCUT2D eigenvalue weighted by Crippen LogP contribution is -1.85. The minimum Gasteiger partial charge on any atom is -0.392 e. The fraction of sp³-hybridized carbons (Fsp3) is 0.400. The lowest BCUT2D eigenvalue weighted by molar-refractivity contribution is 0.272. The molecule has 58 valence electrons. The van der Waals surface area contributed by atoms with Gasteiger partial charge in [-0.15, -0.1) is 0 Å². The lowest BCUT2D eigenvalue weighted by Gasteiger charge is -1.98. The molecule has 1 aliphatic rings. The Morgan fingerprint density at radius 3 is 2.73 bits per heavy atom. The van der Waals surface area contributed by atoms with E-state index in [1.807, 2.05) is 0 Å². The monoisotopic (exact) mass is 148 g/mol. The molecule has 0 bridgehead atoms. The van der Waals surface area contributed by atoms with Crippen LogP contribution in [0.5, 0.6) is 0 Å². The first-order valence-electron chi connectivity index (χ1n) is 4.02. The van der Waals surface area contributed by atoms with E-state index in [2.05, 4.69) is 31.2 Å². The summed E-state index contributed by atoms with van der Waals surface area (Å²) >= 11 is 0. The summed E-state index contributed by atoms with van der Waals surface area (Å²) in [6, 6.07) is 8.38. The molecule has 0 amide bonds. The van der Waals surface area contributed by atoms with Gasteiger partial charge in [0.25, 0.3) is 0 Å². The Morgan fingerprint density at radius 2 is 2.18 bits per heavy atom. The van der Waals surface area contributed by atoms with Crippen LogP contribution >= 0.6 is 0 Å². The van der Waals surface area contributed by atoms with Gasteiger partial charge in [-0.25, -0.2) is 0 Å². The second-order valence-electron chi connectivity index (χ2n) is 3.32. The Kier molecular flexibility index (Phi) is 1.46. The van der Waals surface area contributed by atoms with Crippen molar-refractivity contribution in [3.05, 3.63) is 35.4 Å². The van der Waals surface area contributed by atoms with Crippen molar-refractivity contribution in [1.82, 2.24) is 0 Å². The van der Waals surface area contributed by atoms with Crippen molar-refractivity contribution in [2.24, 2.45) is 0 Å². The molecule has 0 heterocycles. The highest BCUT2D eigenvalue weighted by molar-refractivity contribution is 5.30. The van der Waals surface area contributed by atoms with Crippen LogP contribution in [0.15, 0.2) is 24.3 Å². The summed E-state index contributed by atoms with van der Waals surface area (Å²) < 4.78 is 0. The first-order chi connectivity index (χ1) is 5.27. The molecule has 0 spiro atoms. The maximum Gasteiger partial charge on any atom is 0.0616 e. The Hall–Kier alpha value is -0.820. The zero-order chi connectivity index (χ0) is 7.84. The molecule has 1 fully saturated rings. The van der Waals surface area contributed by atoms with Crippen molar-refractivity contribution < 1.29 is 5.11 Å². The normalized spacial score (nSPS) is 28.5. The number of aliphatic hydroxyl groups excluding tert-OH is 1. The summed E-state index contributed by atoms with van der Waals surface area (Å²) in [4.78, 5) is 0. The van der Waals surface area contributed by atoms with Crippen LogP contribution in [0.2, 0.25) is 0 Å². The molecule has 0 aliphatic heterocycles. The molecule has 1 aromatic rings. The first kappa shape index (κ1) is 6.86. The Morgan fingerprint density at radius 1 is 1.45 bits per heavy atom. The van der Waals surface area contributed by atoms with E-state index in [4.69, 9.17) is 0 Å². The van der Waals surface area contributed by atoms with Crippen molar-refractivity contribution >= 4 is 0 Å². The molecule has 2 atom stereocenters. The van der Waals surface area contributed by atoms with E-state index in [-0.39, 0.29) is 6.10 Å². The molecule has 1 nitrogen and oxygen atoms in total. The van der Waals surface area contributed by atoms with Crippen LogP contribution in [0.3, 0.4) is 0 Å². The van der Waals surface area contributed by atoms with Crippen LogP contribution in [-0.4, -0.2) is 11.2 Å². The van der Waals surface area contributed by atoms with E-state index >= 15 is 0 Å². The van der Waals surface area contributed by atoms with E-state index in [0.717, 1.165) is 6.42 Å². The summed E-state index contributed by atoms with van der Waals surface area (Å²) in [5, 5.41) is 9.17. The second kappa shape index (κ2) is 2.35. The fourth-order valence-electron chi connectivity index (χ4n) is 1.44. The second-order valence-corrected chi connectivity index (χ2v) is 3.32. The van der Waals surface area contributed by atoms with Crippen molar-refractivity contribution in [3.8, 4) is 0 Å². The number of aryl methyl sites for hydroxylation is 1. The van der Waals surface area contributed by atoms with Crippen LogP contribution in [0.4, 0.5) is 0 Å². The van der Waals surface area contributed by atoms with Gasteiger partial charge in [-0.3, -0.25) is 0 Å². The third-order valence-electron chi connectivity index (χ3n) is 2.23. The quantitative estimate of drug-likeness (QED) is 0.644. The number of benzene rings is 1. The van der Waals surface area contributed by atoms with Gasteiger partial charge in [-0.05, 0) is 18.9 Å². The zero-order valence-corrected chi connectivity index (χ0v) is 6.62. The average molecular weight is 148 g/mol. The molecule has 2 unspecified atom stereocenters. The van der Waals surface area contributed by atoms with Crippen LogP contribution in [0, 0.1) is 6.92 Å². The maximum atomic E-state index is 9.17. The highest BCUT2D eigenvalue weighted by atomic mass is 16.3. The highest BCUT2D eigenvalue weighted by Crippen LogP contribution is 2.40. The largest absolute Gasteiger partial charge is 0.392 e. The summed E-state index contributed by atoms with van der Waals surface area (Å²) in [6.45, 7) is 2.08. The first-order valence-corrected chi connectivity index (χ1v) is 4.02. The third-order valence-corrected chi connectivity index (χ3v) is 2.23. The maximum absolute atomic E-state index is 9.17. The minimum absolute atomic E-state index is 0.0724. The van der Waals surface area contributed by atoms with Gasteiger partial charge in [0, 0.05) is 5.92 Å². The average Bonchev–Trinajstić information content (AvgIpc) is 2.67. The van der Waals surface area contributed by atoms with Crippen LogP contribution in [-0.2, 0) is 0 Å². The molecule has 0 aromatic heterocycles. The number of hydrogen-bond donors (Lipinski definition) is 1. The van der Waals surface area contributed by atoms with Gasteiger partial charge in [0.2, 0.25) is 0 Å². The Bertz CT molecular complexity index is 267. The van der Waals surface area contributed by atoms with Crippen LogP contribution in [0.25, 0.3) is 0 Å². The molecular formula is C10H12O. The summed E-state index contributed by atoms with van der Waals surface area (Å²) in [5.74, 6) is 0.426. The van der Waals surface area contributed by atoms with Crippen molar-refractivity contribution in [3.63, 3.8) is 0 Å². The fourth-order valence-corrected chi connectivity index (χ4v) is 1.44. The highest BCUT2D eigenvalue weighted by Gasteiger charge is 2.36. The number of rotatable bonds is 1. The van der Waals surface area contributed by atoms with Crippen LogP contribution in [0.1, 0.15) is 23.5 Å². The summed E-state index contributed by atoms with van der Waals surface area (Å²) in [6.07, 6.45) is 0.875. The standard InChI is InChI=1S/C10H12O/c1-7-3-2-4-8(5-7)9-6-10(9)11/h2-5,9-11H,6H2,1H3. The summed E-state index contributed by atoms with van der Waals surface area (Å²) in [7, 11) is 0. The molecular weight excluding hydrogens is 136 g/mol. The Balaban J connectivity index is 2.25. The number of aliphatic hydroxyl groups is 1. The summed E-state index contributed by atoms with van der Waals surface area (Å²) in [5.41, 5.74) is 2.57. The molecule has 0 radical (unpaired) electrons. The van der Waals surface area contributed by atoms with Gasteiger partial charge in [-0.2, -0.15) is 0 Å². The molecule has 2 rings (SSSR count). The van der Waals surface area contributed by atoms with Gasteiger partial charge in [0.1, 0.15) is 0 Å². The van der Waals surface area contributed by atoms with Gasteiger partial charge >= 0.3 is 0 Å². The minimum atomic E-state index is -0.0724. The predicted octanol–water partition coefficient (Wildman–Crippen LogP) is 1.84. The molecule has 0 saturated heterocycles. The molecule has 1 heteroatoms. The van der Waals surface area contributed by atoms with Gasteiger partial charge < -0.3 is 5.11 Å². The van der Waals surface area contributed by atoms with Crippen molar-refractivity contribution in [2.45, 2.75) is 25.4 Å². The lowest BCUT2D eigenvalue weighted by atomic mass is 10.1. The van der Waals surface area contributed by atoms with E-state index in [1.54, 1.807) is 0 Å². The van der Waals surface area contributed by atoms with E-state index in [1.165, 1.54) is 11.1 Å². The molecule has 1 N–H and O–H groups in total.